The van der Waals surface area contributed by atoms with Crippen LogP contribution in [0, 0.1) is 0 Å². The Morgan fingerprint density at radius 2 is 0.581 bits per heavy atom. The number of hydrogen-bond donors (Lipinski definition) is 0. The standard InChI is InChI=1S/C56H102O6/c1-4-7-10-13-16-19-22-25-28-29-32-34-37-40-43-46-49-55(58)61-52-53(62-56(59)50-47-44-41-38-35-31-27-24-21-18-15-12-9-6-3)51-60-54(57)48-45-42-39-36-33-30-26-23-20-17-14-11-8-5-2/h19,22,24,27-29,53H,4-18,20-21,23,25-26,30-52H2,1-3H3/b22-19-,27-24-,29-28-. The van der Waals surface area contributed by atoms with E-state index in [-0.39, 0.29) is 31.1 Å². The lowest BCUT2D eigenvalue weighted by Crippen LogP contribution is -2.30. The number of hydrogen-bond acceptors (Lipinski definition) is 6. The molecule has 0 aliphatic heterocycles. The quantitative estimate of drug-likeness (QED) is 0.0262. The molecule has 0 aliphatic rings. The highest BCUT2D eigenvalue weighted by Gasteiger charge is 2.19. The van der Waals surface area contributed by atoms with Gasteiger partial charge in [-0.15, -0.1) is 0 Å². The van der Waals surface area contributed by atoms with Gasteiger partial charge in [-0.3, -0.25) is 14.4 Å². The Labute approximate surface area is 385 Å². The van der Waals surface area contributed by atoms with Crippen LogP contribution in [-0.2, 0) is 28.6 Å². The molecule has 362 valence electrons. The van der Waals surface area contributed by atoms with Crippen LogP contribution in [0.4, 0.5) is 0 Å². The van der Waals surface area contributed by atoms with Gasteiger partial charge in [0.2, 0.25) is 0 Å². The molecular formula is C56H102O6. The van der Waals surface area contributed by atoms with Crippen molar-refractivity contribution in [2.24, 2.45) is 0 Å². The van der Waals surface area contributed by atoms with Crippen LogP contribution in [0.5, 0.6) is 0 Å². The van der Waals surface area contributed by atoms with Crippen LogP contribution in [0.2, 0.25) is 0 Å². The van der Waals surface area contributed by atoms with E-state index in [1.54, 1.807) is 0 Å². The van der Waals surface area contributed by atoms with Gasteiger partial charge in [0.05, 0.1) is 0 Å². The zero-order chi connectivity index (χ0) is 45.1. The van der Waals surface area contributed by atoms with Crippen molar-refractivity contribution in [3.8, 4) is 0 Å². The van der Waals surface area contributed by atoms with Crippen LogP contribution in [0.3, 0.4) is 0 Å². The monoisotopic (exact) mass is 871 g/mol. The zero-order valence-corrected chi connectivity index (χ0v) is 41.4. The van der Waals surface area contributed by atoms with Crippen molar-refractivity contribution in [3.63, 3.8) is 0 Å². The second kappa shape index (κ2) is 51.3. The van der Waals surface area contributed by atoms with E-state index in [0.29, 0.717) is 19.3 Å². The van der Waals surface area contributed by atoms with Crippen LogP contribution in [0.25, 0.3) is 0 Å². The molecule has 1 atom stereocenters. The summed E-state index contributed by atoms with van der Waals surface area (Å²) in [4.78, 5) is 38.0. The molecule has 0 amide bonds. The lowest BCUT2D eigenvalue weighted by atomic mass is 10.0. The molecule has 0 spiro atoms. The van der Waals surface area contributed by atoms with Crippen molar-refractivity contribution < 1.29 is 28.6 Å². The van der Waals surface area contributed by atoms with E-state index in [9.17, 15) is 14.4 Å². The van der Waals surface area contributed by atoms with Gasteiger partial charge in [-0.05, 0) is 77.0 Å². The van der Waals surface area contributed by atoms with Gasteiger partial charge in [-0.2, -0.15) is 0 Å². The molecule has 1 unspecified atom stereocenters. The highest BCUT2D eigenvalue weighted by Crippen LogP contribution is 2.15. The van der Waals surface area contributed by atoms with Gasteiger partial charge in [0.25, 0.3) is 0 Å². The Kier molecular flexibility index (Phi) is 49.3. The Hall–Kier alpha value is -2.37. The smallest absolute Gasteiger partial charge is 0.306 e. The van der Waals surface area contributed by atoms with Crippen LogP contribution in [0.1, 0.15) is 284 Å². The Morgan fingerprint density at radius 3 is 0.919 bits per heavy atom. The summed E-state index contributed by atoms with van der Waals surface area (Å²) in [5, 5.41) is 0. The van der Waals surface area contributed by atoms with E-state index in [1.165, 1.54) is 161 Å². The molecule has 6 heteroatoms. The van der Waals surface area contributed by atoms with Gasteiger partial charge in [0, 0.05) is 19.3 Å². The van der Waals surface area contributed by atoms with Crippen molar-refractivity contribution in [3.05, 3.63) is 36.5 Å². The lowest BCUT2D eigenvalue weighted by molar-refractivity contribution is -0.167. The van der Waals surface area contributed by atoms with Crippen molar-refractivity contribution in [1.82, 2.24) is 0 Å². The largest absolute Gasteiger partial charge is 0.462 e. The minimum Gasteiger partial charge on any atom is -0.462 e. The van der Waals surface area contributed by atoms with E-state index in [0.717, 1.165) is 83.5 Å². The molecule has 0 aromatic heterocycles. The molecule has 0 bridgehead atoms. The molecule has 0 radical (unpaired) electrons. The summed E-state index contributed by atoms with van der Waals surface area (Å²) in [6.07, 6.45) is 59.8. The number of unbranched alkanes of at least 4 members (excludes halogenated alkanes) is 32. The fraction of sp³-hybridized carbons (Fsp3) is 0.839. The molecule has 62 heavy (non-hydrogen) atoms. The van der Waals surface area contributed by atoms with Crippen molar-refractivity contribution in [1.29, 1.82) is 0 Å². The van der Waals surface area contributed by atoms with Gasteiger partial charge in [0.1, 0.15) is 13.2 Å². The maximum absolute atomic E-state index is 12.8. The number of esters is 3. The molecule has 0 rings (SSSR count). The van der Waals surface area contributed by atoms with E-state index < -0.39 is 6.10 Å². The second-order valence-electron chi connectivity index (χ2n) is 18.1. The zero-order valence-electron chi connectivity index (χ0n) is 41.4. The third-order valence-electron chi connectivity index (χ3n) is 11.9. The first-order valence-electron chi connectivity index (χ1n) is 27.0. The van der Waals surface area contributed by atoms with Crippen molar-refractivity contribution >= 4 is 17.9 Å². The third-order valence-corrected chi connectivity index (χ3v) is 11.9. The predicted octanol–water partition coefficient (Wildman–Crippen LogP) is 17.7. The van der Waals surface area contributed by atoms with E-state index in [2.05, 4.69) is 57.2 Å². The number of carbonyl (C=O) groups excluding carboxylic acids is 3. The highest BCUT2D eigenvalue weighted by molar-refractivity contribution is 5.71. The first-order chi connectivity index (χ1) is 30.5. The SMILES string of the molecule is CCCCCC/C=C\C/C=C\CCCCCCCC(=O)OCC(COC(=O)CCCCCCCCCCCCCCCC)OC(=O)CCCCCCC/C=C\CCCCCCC. The summed E-state index contributed by atoms with van der Waals surface area (Å²) in [5.74, 6) is -0.887. The fourth-order valence-electron chi connectivity index (χ4n) is 7.76. The van der Waals surface area contributed by atoms with E-state index in [4.69, 9.17) is 14.2 Å². The van der Waals surface area contributed by atoms with Gasteiger partial charge < -0.3 is 14.2 Å². The van der Waals surface area contributed by atoms with Crippen LogP contribution in [0.15, 0.2) is 36.5 Å². The van der Waals surface area contributed by atoms with Crippen molar-refractivity contribution in [2.75, 3.05) is 13.2 Å². The molecule has 6 nitrogen and oxygen atoms in total. The molecule has 0 N–H and O–H groups in total. The first kappa shape index (κ1) is 59.6. The van der Waals surface area contributed by atoms with E-state index >= 15 is 0 Å². The minimum absolute atomic E-state index is 0.0769. The van der Waals surface area contributed by atoms with Gasteiger partial charge >= 0.3 is 17.9 Å². The summed E-state index contributed by atoms with van der Waals surface area (Å²) in [7, 11) is 0. The summed E-state index contributed by atoms with van der Waals surface area (Å²) < 4.78 is 16.8. The number of rotatable bonds is 49. The lowest BCUT2D eigenvalue weighted by Gasteiger charge is -2.18. The Balaban J connectivity index is 4.38. The minimum atomic E-state index is -0.778. The Morgan fingerprint density at radius 1 is 0.323 bits per heavy atom. The van der Waals surface area contributed by atoms with Gasteiger partial charge in [-0.1, -0.05) is 224 Å². The van der Waals surface area contributed by atoms with E-state index in [1.807, 2.05) is 0 Å². The van der Waals surface area contributed by atoms with Gasteiger partial charge in [-0.25, -0.2) is 0 Å². The fourth-order valence-corrected chi connectivity index (χ4v) is 7.76. The molecule has 0 aromatic carbocycles. The molecule has 0 fully saturated rings. The van der Waals surface area contributed by atoms with Gasteiger partial charge in [0.15, 0.2) is 6.10 Å². The molecular weight excluding hydrogens is 769 g/mol. The van der Waals surface area contributed by atoms with Crippen LogP contribution in [-0.4, -0.2) is 37.2 Å². The predicted molar refractivity (Wildman–Crippen MR) is 266 cm³/mol. The summed E-state index contributed by atoms with van der Waals surface area (Å²) in [6, 6.07) is 0. The second-order valence-corrected chi connectivity index (χ2v) is 18.1. The normalized spacial score (nSPS) is 12.2. The Bertz CT molecular complexity index is 1050. The molecule has 0 saturated carbocycles. The average Bonchev–Trinajstić information content (AvgIpc) is 3.27. The summed E-state index contributed by atoms with van der Waals surface area (Å²) >= 11 is 0. The van der Waals surface area contributed by atoms with Crippen LogP contribution >= 0.6 is 0 Å². The molecule has 0 aliphatic carbocycles. The summed E-state index contributed by atoms with van der Waals surface area (Å²) in [6.45, 7) is 6.62. The maximum Gasteiger partial charge on any atom is 0.306 e. The molecule has 0 saturated heterocycles. The number of ether oxygens (including phenoxy) is 3. The van der Waals surface area contributed by atoms with Crippen molar-refractivity contribution in [2.45, 2.75) is 290 Å². The third kappa shape index (κ3) is 48.7. The first-order valence-corrected chi connectivity index (χ1v) is 27.0. The molecule has 0 heterocycles. The topological polar surface area (TPSA) is 78.9 Å². The molecule has 0 aromatic rings. The summed E-state index contributed by atoms with van der Waals surface area (Å²) in [5.41, 5.74) is 0. The highest BCUT2D eigenvalue weighted by atomic mass is 16.6. The van der Waals surface area contributed by atoms with Crippen LogP contribution < -0.4 is 0 Å². The number of allylic oxidation sites excluding steroid dienone is 6. The maximum atomic E-state index is 12.8. The average molecular weight is 871 g/mol. The number of carbonyl (C=O) groups is 3.